The Morgan fingerprint density at radius 1 is 0.927 bits per heavy atom. The Morgan fingerprint density at radius 3 is 2.15 bits per heavy atom. The van der Waals surface area contributed by atoms with Gasteiger partial charge >= 0.3 is 0 Å². The van der Waals surface area contributed by atoms with Crippen LogP contribution < -0.4 is 19.1 Å². The molecule has 0 saturated heterocycles. The zero-order valence-electron chi connectivity index (χ0n) is 23.8. The number of amides is 2. The van der Waals surface area contributed by atoms with Crippen LogP contribution in [0.5, 0.6) is 11.5 Å². The third-order valence-corrected chi connectivity index (χ3v) is 8.48. The zero-order chi connectivity index (χ0) is 30.2. The molecule has 0 radical (unpaired) electrons. The smallest absolute Gasteiger partial charge is 0.264 e. The third-order valence-electron chi connectivity index (χ3n) is 6.40. The van der Waals surface area contributed by atoms with Crippen LogP contribution in [0, 0.1) is 5.92 Å². The Labute approximate surface area is 247 Å². The largest absolute Gasteiger partial charge is 0.497 e. The lowest BCUT2D eigenvalue weighted by Gasteiger charge is -2.32. The number of carbonyl (C=O) groups excluding carboxylic acids is 2. The number of nitrogens with zero attached hydrogens (tertiary/aromatic N) is 2. The molecule has 3 aromatic rings. The molecule has 0 aliphatic heterocycles. The number of halogens is 1. The average molecular weight is 602 g/mol. The highest BCUT2D eigenvalue weighted by Gasteiger charge is 2.32. The summed E-state index contributed by atoms with van der Waals surface area (Å²) < 4.78 is 39.2. The molecule has 220 valence electrons. The molecule has 1 unspecified atom stereocenters. The maximum atomic E-state index is 14.0. The summed E-state index contributed by atoms with van der Waals surface area (Å²) in [6.45, 7) is 5.50. The number of carbonyl (C=O) groups is 2. The second-order valence-corrected chi connectivity index (χ2v) is 12.1. The average Bonchev–Trinajstić information content (AvgIpc) is 2.97. The molecule has 0 aliphatic rings. The summed E-state index contributed by atoms with van der Waals surface area (Å²) in [4.78, 5) is 28.4. The number of hydrogen-bond donors (Lipinski definition) is 1. The number of hydrogen-bond acceptors (Lipinski definition) is 6. The molecule has 0 aromatic heterocycles. The molecule has 0 heterocycles. The predicted molar refractivity (Wildman–Crippen MR) is 160 cm³/mol. The van der Waals surface area contributed by atoms with E-state index in [1.54, 1.807) is 56.5 Å². The van der Waals surface area contributed by atoms with E-state index in [9.17, 15) is 18.0 Å². The summed E-state index contributed by atoms with van der Waals surface area (Å²) in [6, 6.07) is 18.5. The maximum absolute atomic E-state index is 14.0. The first-order chi connectivity index (χ1) is 19.5. The molecule has 0 aliphatic carbocycles. The zero-order valence-corrected chi connectivity index (χ0v) is 25.4. The minimum atomic E-state index is -4.20. The molecule has 0 bridgehead atoms. The van der Waals surface area contributed by atoms with Crippen LogP contribution in [-0.2, 0) is 26.2 Å². The first kappa shape index (κ1) is 31.8. The molecule has 11 heteroatoms. The van der Waals surface area contributed by atoms with Gasteiger partial charge in [0.2, 0.25) is 11.8 Å². The molecule has 0 spiro atoms. The van der Waals surface area contributed by atoms with Gasteiger partial charge in [-0.1, -0.05) is 55.8 Å². The first-order valence-electron chi connectivity index (χ1n) is 13.1. The maximum Gasteiger partial charge on any atom is 0.264 e. The van der Waals surface area contributed by atoms with E-state index in [2.05, 4.69) is 5.32 Å². The number of ether oxygens (including phenoxy) is 2. The second kappa shape index (κ2) is 14.2. The molecule has 0 saturated carbocycles. The van der Waals surface area contributed by atoms with Crippen molar-refractivity contribution in [1.29, 1.82) is 0 Å². The van der Waals surface area contributed by atoms with Gasteiger partial charge in [-0.3, -0.25) is 13.9 Å². The quantitative estimate of drug-likeness (QED) is 0.303. The Bertz CT molecular complexity index is 1430. The second-order valence-electron chi connectivity index (χ2n) is 9.83. The van der Waals surface area contributed by atoms with Gasteiger partial charge in [-0.15, -0.1) is 0 Å². The van der Waals surface area contributed by atoms with Gasteiger partial charge in [0.15, 0.2) is 0 Å². The first-order valence-corrected chi connectivity index (χ1v) is 14.9. The van der Waals surface area contributed by atoms with Gasteiger partial charge < -0.3 is 19.7 Å². The van der Waals surface area contributed by atoms with E-state index < -0.39 is 28.5 Å². The standard InChI is InChI=1S/C30H36ClN3O6S/c1-21(2)18-32-30(36)22(3)33(19-23-11-14-25(39-4)15-12-23)29(35)20-34(24-13-16-28(40-5)27(31)17-24)41(37,38)26-9-7-6-8-10-26/h6-17,21-22H,18-20H2,1-5H3,(H,32,36). The van der Waals surface area contributed by atoms with Crippen LogP contribution >= 0.6 is 11.6 Å². The molecule has 1 atom stereocenters. The molecule has 3 rings (SSSR count). The van der Waals surface area contributed by atoms with Crippen molar-refractivity contribution in [2.24, 2.45) is 5.92 Å². The van der Waals surface area contributed by atoms with Crippen molar-refractivity contribution >= 4 is 39.1 Å². The van der Waals surface area contributed by atoms with Crippen molar-refractivity contribution < 1.29 is 27.5 Å². The Kier molecular flexibility index (Phi) is 11.0. The molecule has 3 aromatic carbocycles. The summed E-state index contributed by atoms with van der Waals surface area (Å²) in [7, 11) is -1.19. The van der Waals surface area contributed by atoms with Crippen molar-refractivity contribution in [1.82, 2.24) is 10.2 Å². The molecule has 0 fully saturated rings. The van der Waals surface area contributed by atoms with Crippen LogP contribution in [0.1, 0.15) is 26.3 Å². The summed E-state index contributed by atoms with van der Waals surface area (Å²) >= 11 is 6.35. The van der Waals surface area contributed by atoms with E-state index in [0.717, 1.165) is 9.87 Å². The fraction of sp³-hybridized carbons (Fsp3) is 0.333. The summed E-state index contributed by atoms with van der Waals surface area (Å²) in [5.41, 5.74) is 0.918. The van der Waals surface area contributed by atoms with Gasteiger partial charge in [-0.2, -0.15) is 0 Å². The number of sulfonamides is 1. The molecule has 41 heavy (non-hydrogen) atoms. The molecule has 1 N–H and O–H groups in total. The van der Waals surface area contributed by atoms with Gasteiger partial charge in [0.1, 0.15) is 24.1 Å². The number of rotatable bonds is 13. The van der Waals surface area contributed by atoms with Crippen molar-refractivity contribution in [2.45, 2.75) is 38.3 Å². The summed E-state index contributed by atoms with van der Waals surface area (Å²) in [5, 5.41) is 3.05. The van der Waals surface area contributed by atoms with E-state index in [1.807, 2.05) is 13.8 Å². The number of methoxy groups -OCH3 is 2. The molecular formula is C30H36ClN3O6S. The van der Waals surface area contributed by atoms with Crippen LogP contribution in [0.25, 0.3) is 0 Å². The number of nitrogens with one attached hydrogen (secondary N) is 1. The number of benzene rings is 3. The van der Waals surface area contributed by atoms with Crippen LogP contribution in [-0.4, -0.2) is 58.5 Å². The minimum absolute atomic E-state index is 0.00386. The van der Waals surface area contributed by atoms with E-state index in [-0.39, 0.29) is 34.0 Å². The van der Waals surface area contributed by atoms with Gasteiger partial charge in [-0.25, -0.2) is 8.42 Å². The van der Waals surface area contributed by atoms with Gasteiger partial charge in [0.05, 0.1) is 29.8 Å². The van der Waals surface area contributed by atoms with Gasteiger partial charge in [0, 0.05) is 13.1 Å². The van der Waals surface area contributed by atoms with Crippen molar-refractivity contribution in [2.75, 3.05) is 31.6 Å². The highest BCUT2D eigenvalue weighted by Crippen LogP contribution is 2.32. The predicted octanol–water partition coefficient (Wildman–Crippen LogP) is 4.74. The fourth-order valence-electron chi connectivity index (χ4n) is 4.02. The lowest BCUT2D eigenvalue weighted by Crippen LogP contribution is -2.51. The number of anilines is 1. The highest BCUT2D eigenvalue weighted by molar-refractivity contribution is 7.92. The topological polar surface area (TPSA) is 105 Å². The minimum Gasteiger partial charge on any atom is -0.497 e. The molecular weight excluding hydrogens is 566 g/mol. The van der Waals surface area contributed by atoms with E-state index in [4.69, 9.17) is 21.1 Å². The Hall–Kier alpha value is -3.76. The van der Waals surface area contributed by atoms with Crippen LogP contribution in [0.3, 0.4) is 0 Å². The Morgan fingerprint density at radius 2 is 1.59 bits per heavy atom. The lowest BCUT2D eigenvalue weighted by atomic mass is 10.1. The van der Waals surface area contributed by atoms with E-state index in [0.29, 0.717) is 18.0 Å². The van der Waals surface area contributed by atoms with Crippen molar-refractivity contribution in [3.8, 4) is 11.5 Å². The van der Waals surface area contributed by atoms with Crippen LogP contribution in [0.15, 0.2) is 77.7 Å². The van der Waals surface area contributed by atoms with Crippen molar-refractivity contribution in [3.63, 3.8) is 0 Å². The Balaban J connectivity index is 2.03. The third kappa shape index (κ3) is 8.14. The fourth-order valence-corrected chi connectivity index (χ4v) is 5.70. The summed E-state index contributed by atoms with van der Waals surface area (Å²) in [6.07, 6.45) is 0. The molecule has 2 amide bonds. The monoisotopic (exact) mass is 601 g/mol. The van der Waals surface area contributed by atoms with Gasteiger partial charge in [0.25, 0.3) is 10.0 Å². The van der Waals surface area contributed by atoms with Gasteiger partial charge in [-0.05, 0) is 60.9 Å². The lowest BCUT2D eigenvalue weighted by molar-refractivity contribution is -0.139. The molecule has 9 nitrogen and oxygen atoms in total. The van der Waals surface area contributed by atoms with Crippen LogP contribution in [0.4, 0.5) is 5.69 Å². The van der Waals surface area contributed by atoms with E-state index in [1.165, 1.54) is 42.3 Å². The SMILES string of the molecule is COc1ccc(CN(C(=O)CN(c2ccc(OC)c(Cl)c2)S(=O)(=O)c2ccccc2)C(C)C(=O)NCC(C)C)cc1. The highest BCUT2D eigenvalue weighted by atomic mass is 35.5. The summed E-state index contributed by atoms with van der Waals surface area (Å²) in [5.74, 6) is 0.300. The normalized spacial score (nSPS) is 12.0. The van der Waals surface area contributed by atoms with Crippen molar-refractivity contribution in [3.05, 3.63) is 83.4 Å². The van der Waals surface area contributed by atoms with E-state index >= 15 is 0 Å². The van der Waals surface area contributed by atoms with Crippen LogP contribution in [0.2, 0.25) is 5.02 Å².